The van der Waals surface area contributed by atoms with Gasteiger partial charge in [-0.25, -0.2) is 4.68 Å². The molecule has 1 aromatic heterocycles. The Morgan fingerprint density at radius 2 is 1.96 bits per heavy atom. The number of halogens is 1. The molecule has 0 radical (unpaired) electrons. The van der Waals surface area contributed by atoms with Crippen molar-refractivity contribution in [3.8, 4) is 17.0 Å². The summed E-state index contributed by atoms with van der Waals surface area (Å²) in [5, 5.41) is 11.6. The number of thioether (sulfide) groups is 1. The fourth-order valence-electron chi connectivity index (χ4n) is 2.44. The minimum absolute atomic E-state index is 0.317. The van der Waals surface area contributed by atoms with E-state index >= 15 is 0 Å². The number of carbonyl (C=O) groups is 1. The molecule has 0 spiro atoms. The summed E-state index contributed by atoms with van der Waals surface area (Å²) in [5.74, 6) is 0.921. The van der Waals surface area contributed by atoms with Crippen LogP contribution in [0, 0.1) is 0 Å². The molecule has 8 heteroatoms. The second kappa shape index (κ2) is 8.25. The lowest BCUT2D eigenvalue weighted by Crippen LogP contribution is -2.18. The van der Waals surface area contributed by atoms with Crippen LogP contribution < -0.4 is 10.1 Å². The van der Waals surface area contributed by atoms with Crippen molar-refractivity contribution in [3.05, 3.63) is 59.2 Å². The van der Waals surface area contributed by atoms with E-state index < -0.39 is 0 Å². The summed E-state index contributed by atoms with van der Waals surface area (Å²) in [4.78, 5) is 12.9. The summed E-state index contributed by atoms with van der Waals surface area (Å²) < 4.78 is 6.76. The monoisotopic (exact) mass is 388 g/mol. The van der Waals surface area contributed by atoms with Crippen molar-refractivity contribution < 1.29 is 9.53 Å². The fourth-order valence-corrected chi connectivity index (χ4v) is 3.05. The van der Waals surface area contributed by atoms with E-state index in [1.165, 1.54) is 0 Å². The molecule has 0 saturated heterocycles. The van der Waals surface area contributed by atoms with Crippen LogP contribution in [0.15, 0.2) is 48.5 Å². The number of nitrogens with zero attached hydrogens (tertiary/aromatic N) is 3. The van der Waals surface area contributed by atoms with Crippen molar-refractivity contribution in [1.29, 1.82) is 0 Å². The third-order valence-electron chi connectivity index (χ3n) is 3.69. The molecule has 3 rings (SSSR count). The van der Waals surface area contributed by atoms with Crippen LogP contribution in [0.25, 0.3) is 11.3 Å². The molecule has 3 aromatic rings. The SMILES string of the molecule is COc1ccc(-c2nnn(CSC)c2C(=O)Nc2ccccc2Cl)cc1. The molecule has 1 heterocycles. The van der Waals surface area contributed by atoms with Gasteiger partial charge in [0.15, 0.2) is 5.69 Å². The molecular weight excluding hydrogens is 372 g/mol. The van der Waals surface area contributed by atoms with Gasteiger partial charge in [0.2, 0.25) is 0 Å². The number of hydrogen-bond donors (Lipinski definition) is 1. The van der Waals surface area contributed by atoms with Gasteiger partial charge in [0.05, 0.1) is 23.7 Å². The van der Waals surface area contributed by atoms with Crippen molar-refractivity contribution in [2.24, 2.45) is 0 Å². The molecular formula is C18H17ClN4O2S. The summed E-state index contributed by atoms with van der Waals surface area (Å²) >= 11 is 7.69. The first-order valence-electron chi connectivity index (χ1n) is 7.76. The Kier molecular flexibility index (Phi) is 5.80. The molecule has 26 heavy (non-hydrogen) atoms. The Bertz CT molecular complexity index is 912. The Labute approximate surface area is 160 Å². The van der Waals surface area contributed by atoms with Gasteiger partial charge in [-0.1, -0.05) is 28.9 Å². The third kappa shape index (κ3) is 3.84. The minimum Gasteiger partial charge on any atom is -0.497 e. The van der Waals surface area contributed by atoms with Gasteiger partial charge in [-0.05, 0) is 42.7 Å². The molecule has 134 valence electrons. The van der Waals surface area contributed by atoms with Gasteiger partial charge in [-0.3, -0.25) is 4.79 Å². The van der Waals surface area contributed by atoms with Crippen molar-refractivity contribution in [1.82, 2.24) is 15.0 Å². The highest BCUT2D eigenvalue weighted by atomic mass is 35.5. The first-order chi connectivity index (χ1) is 12.6. The second-order valence-corrected chi connectivity index (χ2v) is 6.61. The lowest BCUT2D eigenvalue weighted by atomic mass is 10.1. The predicted molar refractivity (Wildman–Crippen MR) is 105 cm³/mol. The van der Waals surface area contributed by atoms with Crippen molar-refractivity contribution >= 4 is 35.0 Å². The molecule has 2 aromatic carbocycles. The van der Waals surface area contributed by atoms with E-state index in [0.717, 1.165) is 11.3 Å². The van der Waals surface area contributed by atoms with E-state index in [9.17, 15) is 4.79 Å². The number of benzene rings is 2. The summed E-state index contributed by atoms with van der Waals surface area (Å²) in [6.45, 7) is 0. The number of methoxy groups -OCH3 is 1. The van der Waals surface area contributed by atoms with E-state index in [-0.39, 0.29) is 5.91 Å². The van der Waals surface area contributed by atoms with Crippen LogP contribution in [0.4, 0.5) is 5.69 Å². The third-order valence-corrected chi connectivity index (χ3v) is 4.52. The summed E-state index contributed by atoms with van der Waals surface area (Å²) in [6.07, 6.45) is 1.94. The maximum Gasteiger partial charge on any atom is 0.276 e. The smallest absolute Gasteiger partial charge is 0.276 e. The average molecular weight is 389 g/mol. The standard InChI is InChI=1S/C18H17ClN4O2S/c1-25-13-9-7-12(8-10-13)16-17(23(11-26-2)22-21-16)18(24)20-15-6-4-3-5-14(15)19/h3-10H,11H2,1-2H3,(H,20,24). The Morgan fingerprint density at radius 1 is 1.23 bits per heavy atom. The molecule has 0 fully saturated rings. The second-order valence-electron chi connectivity index (χ2n) is 5.37. The van der Waals surface area contributed by atoms with Crippen molar-refractivity contribution in [2.75, 3.05) is 18.7 Å². The van der Waals surface area contributed by atoms with Crippen LogP contribution in [-0.2, 0) is 5.88 Å². The lowest BCUT2D eigenvalue weighted by Gasteiger charge is -2.10. The molecule has 0 unspecified atom stereocenters. The van der Waals surface area contributed by atoms with Gasteiger partial charge in [0.1, 0.15) is 11.4 Å². The molecule has 0 saturated carbocycles. The molecule has 0 bridgehead atoms. The maximum atomic E-state index is 12.9. The zero-order chi connectivity index (χ0) is 18.5. The Morgan fingerprint density at radius 3 is 2.62 bits per heavy atom. The van der Waals surface area contributed by atoms with Crippen LogP contribution in [0.1, 0.15) is 10.5 Å². The zero-order valence-corrected chi connectivity index (χ0v) is 15.8. The molecule has 0 aliphatic carbocycles. The molecule has 1 amide bonds. The van der Waals surface area contributed by atoms with Gasteiger partial charge < -0.3 is 10.1 Å². The molecule has 0 aliphatic heterocycles. The Hall–Kier alpha value is -2.51. The highest BCUT2D eigenvalue weighted by molar-refractivity contribution is 7.97. The molecule has 0 aliphatic rings. The lowest BCUT2D eigenvalue weighted by molar-refractivity contribution is 0.101. The van der Waals surface area contributed by atoms with Gasteiger partial charge in [-0.15, -0.1) is 16.9 Å². The van der Waals surface area contributed by atoms with Crippen molar-refractivity contribution in [3.63, 3.8) is 0 Å². The highest BCUT2D eigenvalue weighted by Crippen LogP contribution is 2.27. The van der Waals surface area contributed by atoms with Crippen molar-refractivity contribution in [2.45, 2.75) is 5.88 Å². The topological polar surface area (TPSA) is 69.0 Å². The maximum absolute atomic E-state index is 12.9. The fraction of sp³-hybridized carbons (Fsp3) is 0.167. The van der Waals surface area contributed by atoms with E-state index in [0.29, 0.717) is 28.0 Å². The van der Waals surface area contributed by atoms with Crippen LogP contribution in [-0.4, -0.2) is 34.3 Å². The van der Waals surface area contributed by atoms with Crippen LogP contribution in [0.5, 0.6) is 5.75 Å². The quantitative estimate of drug-likeness (QED) is 0.686. The van der Waals surface area contributed by atoms with Crippen LogP contribution in [0.2, 0.25) is 5.02 Å². The number of hydrogen-bond acceptors (Lipinski definition) is 5. The number of amides is 1. The molecule has 0 atom stereocenters. The summed E-state index contributed by atoms with van der Waals surface area (Å²) in [5.41, 5.74) is 2.20. The molecule has 1 N–H and O–H groups in total. The normalized spacial score (nSPS) is 10.6. The number of rotatable bonds is 6. The van der Waals surface area contributed by atoms with Gasteiger partial charge in [0, 0.05) is 5.56 Å². The summed E-state index contributed by atoms with van der Waals surface area (Å²) in [6, 6.07) is 14.4. The first-order valence-corrected chi connectivity index (χ1v) is 9.54. The number of ether oxygens (including phenoxy) is 1. The predicted octanol–water partition coefficient (Wildman–Crippen LogP) is 4.18. The number of aromatic nitrogens is 3. The van der Waals surface area contributed by atoms with E-state index in [4.69, 9.17) is 16.3 Å². The largest absolute Gasteiger partial charge is 0.497 e. The van der Waals surface area contributed by atoms with Crippen LogP contribution >= 0.6 is 23.4 Å². The number of nitrogens with one attached hydrogen (secondary N) is 1. The van der Waals surface area contributed by atoms with E-state index in [2.05, 4.69) is 15.6 Å². The number of carbonyl (C=O) groups excluding carboxylic acids is 1. The zero-order valence-electron chi connectivity index (χ0n) is 14.3. The minimum atomic E-state index is -0.317. The van der Waals surface area contributed by atoms with Gasteiger partial charge in [-0.2, -0.15) is 0 Å². The van der Waals surface area contributed by atoms with Gasteiger partial charge >= 0.3 is 0 Å². The Balaban J connectivity index is 1.99. The molecule has 6 nitrogen and oxygen atoms in total. The van der Waals surface area contributed by atoms with E-state index in [1.54, 1.807) is 41.8 Å². The number of para-hydroxylation sites is 1. The average Bonchev–Trinajstić information content (AvgIpc) is 3.08. The first kappa shape index (κ1) is 18.3. The highest BCUT2D eigenvalue weighted by Gasteiger charge is 2.22. The summed E-state index contributed by atoms with van der Waals surface area (Å²) in [7, 11) is 1.60. The van der Waals surface area contributed by atoms with Crippen LogP contribution in [0.3, 0.4) is 0 Å². The number of anilines is 1. The van der Waals surface area contributed by atoms with Gasteiger partial charge in [0.25, 0.3) is 5.91 Å². The van der Waals surface area contributed by atoms with E-state index in [1.807, 2.05) is 36.6 Å².